The van der Waals surface area contributed by atoms with E-state index in [4.69, 9.17) is 25.1 Å². The van der Waals surface area contributed by atoms with E-state index in [1.807, 2.05) is 0 Å². The summed E-state index contributed by atoms with van der Waals surface area (Å²) in [5.74, 6) is -2.94. The van der Waals surface area contributed by atoms with Crippen LogP contribution in [0.4, 0.5) is 0 Å². The predicted molar refractivity (Wildman–Crippen MR) is 78.3 cm³/mol. The van der Waals surface area contributed by atoms with Gasteiger partial charge in [-0.1, -0.05) is 19.7 Å². The van der Waals surface area contributed by atoms with E-state index in [0.717, 1.165) is 18.2 Å². The second kappa shape index (κ2) is 19.7. The zero-order valence-electron chi connectivity index (χ0n) is 12.2. The fourth-order valence-electron chi connectivity index (χ4n) is 0.121. The summed E-state index contributed by atoms with van der Waals surface area (Å²) in [7, 11) is -4.40. The van der Waals surface area contributed by atoms with E-state index in [9.17, 15) is 18.9 Å². The van der Waals surface area contributed by atoms with Crippen LogP contribution in [0.15, 0.2) is 38.0 Å². The molecule has 0 saturated carbocycles. The minimum Gasteiger partial charge on any atom is -0.478 e. The molecule has 0 rings (SSSR count). The van der Waals surface area contributed by atoms with Crippen molar-refractivity contribution in [2.75, 3.05) is 6.61 Å². The van der Waals surface area contributed by atoms with Gasteiger partial charge in [-0.2, -0.15) is 0 Å². The van der Waals surface area contributed by atoms with Gasteiger partial charge in [-0.15, -0.1) is 4.67 Å². The van der Waals surface area contributed by atoms with Crippen molar-refractivity contribution in [2.24, 2.45) is 0 Å². The van der Waals surface area contributed by atoms with Gasteiger partial charge < -0.3 is 25.1 Å². The lowest BCUT2D eigenvalue weighted by atomic mass is 10.7. The summed E-state index contributed by atoms with van der Waals surface area (Å²) in [5.41, 5.74) is 0. The molecule has 134 valence electrons. The molecule has 23 heavy (non-hydrogen) atoms. The van der Waals surface area contributed by atoms with Gasteiger partial charge in [0.05, 0.1) is 6.61 Å². The number of aliphatic carboxylic acids is 3. The van der Waals surface area contributed by atoms with Crippen molar-refractivity contribution in [1.82, 2.24) is 0 Å². The first-order valence-corrected chi connectivity index (χ1v) is 6.83. The Morgan fingerprint density at radius 3 is 1.17 bits per heavy atom. The van der Waals surface area contributed by atoms with Gasteiger partial charge >= 0.3 is 25.7 Å². The van der Waals surface area contributed by atoms with Crippen molar-refractivity contribution < 1.29 is 53.6 Å². The van der Waals surface area contributed by atoms with E-state index in [-0.39, 0.29) is 6.61 Å². The number of carboxylic acids is 3. The highest BCUT2D eigenvalue weighted by atomic mass is 31.2. The van der Waals surface area contributed by atoms with Crippen molar-refractivity contribution in [2.45, 2.75) is 6.92 Å². The maximum Gasteiger partial charge on any atom is 0.496 e. The van der Waals surface area contributed by atoms with Gasteiger partial charge in [0, 0.05) is 18.2 Å². The second-order valence-corrected chi connectivity index (χ2v) is 3.73. The maximum absolute atomic E-state index is 9.74. The van der Waals surface area contributed by atoms with Crippen molar-refractivity contribution in [3.63, 3.8) is 0 Å². The summed E-state index contributed by atoms with van der Waals surface area (Å²) in [6.07, 6.45) is 2.50. The molecule has 0 radical (unpaired) electrons. The number of phosphoric acid groups is 1. The summed E-state index contributed by atoms with van der Waals surface area (Å²) in [6, 6.07) is 0. The Morgan fingerprint density at radius 2 is 1.13 bits per heavy atom. The molecule has 0 atom stereocenters. The van der Waals surface area contributed by atoms with Crippen molar-refractivity contribution in [1.29, 1.82) is 0 Å². The van der Waals surface area contributed by atoms with Gasteiger partial charge in [0.25, 0.3) is 0 Å². The van der Waals surface area contributed by atoms with Crippen LogP contribution in [-0.2, 0) is 28.5 Å². The molecule has 0 aliphatic carbocycles. The highest BCUT2D eigenvalue weighted by Gasteiger charge is 2.13. The SMILES string of the molecule is C=CC(=O)O.C=CC(=O)O.C=CC(=O)O.CCOOP(=O)(O)O. The Bertz CT molecular complexity index is 381. The molecule has 0 bridgehead atoms. The van der Waals surface area contributed by atoms with E-state index in [1.165, 1.54) is 0 Å². The Morgan fingerprint density at radius 1 is 0.913 bits per heavy atom. The van der Waals surface area contributed by atoms with E-state index >= 15 is 0 Å². The number of hydrogen-bond acceptors (Lipinski definition) is 6. The van der Waals surface area contributed by atoms with Gasteiger partial charge in [0.2, 0.25) is 0 Å². The Kier molecular flexibility index (Phi) is 24.7. The average Bonchev–Trinajstić information content (AvgIpc) is 2.46. The lowest BCUT2D eigenvalue weighted by Crippen LogP contribution is -1.89. The first-order valence-electron chi connectivity index (χ1n) is 5.30. The summed E-state index contributed by atoms with van der Waals surface area (Å²) in [5, 5.41) is 22.8. The number of carbonyl (C=O) groups is 3. The van der Waals surface area contributed by atoms with Crippen LogP contribution in [-0.4, -0.2) is 49.6 Å². The van der Waals surface area contributed by atoms with Crippen LogP contribution in [0, 0.1) is 0 Å². The highest BCUT2D eigenvalue weighted by Crippen LogP contribution is 2.35. The van der Waals surface area contributed by atoms with Crippen LogP contribution >= 0.6 is 7.82 Å². The number of hydrogen-bond donors (Lipinski definition) is 5. The van der Waals surface area contributed by atoms with Gasteiger partial charge in [0.15, 0.2) is 0 Å². The molecule has 0 aliphatic heterocycles. The molecule has 12 heteroatoms. The molecule has 0 saturated heterocycles. The summed E-state index contributed by atoms with van der Waals surface area (Å²) in [6.45, 7) is 10.5. The van der Waals surface area contributed by atoms with Crippen LogP contribution in [0.5, 0.6) is 0 Å². The first kappa shape index (κ1) is 28.8. The molecule has 0 spiro atoms. The third-order valence-electron chi connectivity index (χ3n) is 0.792. The highest BCUT2D eigenvalue weighted by molar-refractivity contribution is 7.46. The van der Waals surface area contributed by atoms with Crippen LogP contribution in [0.2, 0.25) is 0 Å². The van der Waals surface area contributed by atoms with Gasteiger partial charge in [-0.25, -0.2) is 23.8 Å². The quantitative estimate of drug-likeness (QED) is 0.196. The topological polar surface area (TPSA) is 188 Å². The molecule has 0 aromatic carbocycles. The van der Waals surface area contributed by atoms with Crippen LogP contribution in [0.3, 0.4) is 0 Å². The monoisotopic (exact) mass is 358 g/mol. The second-order valence-electron chi connectivity index (χ2n) is 2.60. The molecular weight excluding hydrogens is 339 g/mol. The molecule has 0 heterocycles. The molecule has 0 aromatic heterocycles. The van der Waals surface area contributed by atoms with Gasteiger partial charge in [-0.05, 0) is 6.92 Å². The molecule has 0 amide bonds. The minimum absolute atomic E-state index is 0.116. The Hall–Kier alpha value is -2.30. The lowest BCUT2D eigenvalue weighted by molar-refractivity contribution is -0.217. The van der Waals surface area contributed by atoms with Crippen LogP contribution < -0.4 is 0 Å². The van der Waals surface area contributed by atoms with E-state index in [0.29, 0.717) is 0 Å². The molecule has 5 N–H and O–H groups in total. The zero-order chi connectivity index (χ0) is 19.5. The molecular formula is C11H19O11P. The fraction of sp³-hybridized carbons (Fsp3) is 0.182. The van der Waals surface area contributed by atoms with Crippen molar-refractivity contribution in [3.05, 3.63) is 38.0 Å². The van der Waals surface area contributed by atoms with E-state index < -0.39 is 25.7 Å². The smallest absolute Gasteiger partial charge is 0.478 e. The standard InChI is InChI=1S/3C3H4O2.C2H7O5P/c3*1-2-3(4)5;1-2-6-7-8(3,4)5/h3*2H,1H2,(H,4,5);2H2,1H3,(H2,3,4,5). The number of rotatable bonds is 6. The summed E-state index contributed by atoms with van der Waals surface area (Å²) >= 11 is 0. The Balaban J connectivity index is -0.000000108. The first-order chi connectivity index (χ1) is 10.4. The largest absolute Gasteiger partial charge is 0.496 e. The van der Waals surface area contributed by atoms with E-state index in [2.05, 4.69) is 29.3 Å². The molecule has 0 unspecified atom stereocenters. The molecule has 11 nitrogen and oxygen atoms in total. The van der Waals surface area contributed by atoms with Crippen LogP contribution in [0.25, 0.3) is 0 Å². The molecule has 0 fully saturated rings. The Labute approximate surface area is 131 Å². The average molecular weight is 358 g/mol. The third-order valence-corrected chi connectivity index (χ3v) is 1.09. The summed E-state index contributed by atoms with van der Waals surface area (Å²) in [4.78, 5) is 47.5. The zero-order valence-corrected chi connectivity index (χ0v) is 13.1. The summed E-state index contributed by atoms with van der Waals surface area (Å²) < 4.78 is 13.3. The predicted octanol–water partition coefficient (Wildman–Crippen LogP) is 0.818. The molecule has 0 aromatic rings. The fourth-order valence-corrected chi connectivity index (χ4v) is 0.364. The van der Waals surface area contributed by atoms with Gasteiger partial charge in [-0.3, -0.25) is 0 Å². The third kappa shape index (κ3) is 81.5. The maximum atomic E-state index is 9.74. The van der Waals surface area contributed by atoms with Crippen molar-refractivity contribution >= 4 is 25.7 Å². The number of carboxylic acid groups (broad SMARTS) is 3. The normalized spacial score (nSPS) is 8.30. The van der Waals surface area contributed by atoms with Crippen molar-refractivity contribution in [3.8, 4) is 0 Å². The van der Waals surface area contributed by atoms with E-state index in [1.54, 1.807) is 6.92 Å². The van der Waals surface area contributed by atoms with Crippen LogP contribution in [0.1, 0.15) is 6.92 Å². The molecule has 0 aliphatic rings. The lowest BCUT2D eigenvalue weighted by Gasteiger charge is -1.99. The van der Waals surface area contributed by atoms with Gasteiger partial charge in [0.1, 0.15) is 0 Å². The minimum atomic E-state index is -4.40.